The maximum atomic E-state index is 12.4. The van der Waals surface area contributed by atoms with Gasteiger partial charge in [0.25, 0.3) is 0 Å². The molecule has 1 rings (SSSR count). The van der Waals surface area contributed by atoms with Crippen LogP contribution in [0.5, 0.6) is 5.75 Å². The van der Waals surface area contributed by atoms with E-state index >= 15 is 0 Å². The third kappa shape index (κ3) is 1.19. The first-order valence-electron chi connectivity index (χ1n) is 2.65. The standard InChI is InChI=1S/C7H7FO/c1-5-4-6(9)2-3-7(5)8/h2-4,9H,1H3/i8-1. The van der Waals surface area contributed by atoms with Crippen molar-refractivity contribution in [3.8, 4) is 5.75 Å². The van der Waals surface area contributed by atoms with E-state index in [1.54, 1.807) is 6.92 Å². The Morgan fingerprint density at radius 2 is 2.11 bits per heavy atom. The molecule has 0 saturated heterocycles. The highest BCUT2D eigenvalue weighted by molar-refractivity contribution is 5.27. The van der Waals surface area contributed by atoms with Crippen LogP contribution in [0.3, 0.4) is 0 Å². The van der Waals surface area contributed by atoms with Crippen molar-refractivity contribution in [1.82, 2.24) is 0 Å². The first kappa shape index (κ1) is 6.08. The van der Waals surface area contributed by atoms with Crippen LogP contribution in [0.15, 0.2) is 18.2 Å². The van der Waals surface area contributed by atoms with E-state index in [0.29, 0.717) is 5.56 Å². The summed E-state index contributed by atoms with van der Waals surface area (Å²) in [6, 6.07) is 3.95. The van der Waals surface area contributed by atoms with Crippen molar-refractivity contribution in [2.24, 2.45) is 0 Å². The lowest BCUT2D eigenvalue weighted by Crippen LogP contribution is -1.78. The lowest BCUT2D eigenvalue weighted by Gasteiger charge is -1.94. The zero-order chi connectivity index (χ0) is 6.85. The van der Waals surface area contributed by atoms with E-state index in [1.807, 2.05) is 0 Å². The Balaban J connectivity index is 3.17. The molecule has 0 aliphatic rings. The summed E-state index contributed by atoms with van der Waals surface area (Å²) in [7, 11) is 0. The minimum absolute atomic E-state index is 0.105. The van der Waals surface area contributed by atoms with Gasteiger partial charge in [0.15, 0.2) is 0 Å². The molecule has 0 aliphatic carbocycles. The minimum Gasteiger partial charge on any atom is -0.508 e. The maximum Gasteiger partial charge on any atom is 0.126 e. The average molecular weight is 125 g/mol. The largest absolute Gasteiger partial charge is 0.508 e. The summed E-state index contributed by atoms with van der Waals surface area (Å²) in [4.78, 5) is 0. The summed E-state index contributed by atoms with van der Waals surface area (Å²) in [5.74, 6) is -0.179. The van der Waals surface area contributed by atoms with Gasteiger partial charge in [-0.15, -0.1) is 0 Å². The van der Waals surface area contributed by atoms with Crippen molar-refractivity contribution in [2.75, 3.05) is 0 Å². The Morgan fingerprint density at radius 3 is 2.56 bits per heavy atom. The van der Waals surface area contributed by atoms with Crippen LogP contribution in [0.1, 0.15) is 5.56 Å². The zero-order valence-electron chi connectivity index (χ0n) is 5.06. The predicted octanol–water partition coefficient (Wildman–Crippen LogP) is 1.84. The Morgan fingerprint density at radius 1 is 1.44 bits per heavy atom. The SMILES string of the molecule is Cc1cc(O)ccc1[18F]. The van der Waals surface area contributed by atoms with Crippen molar-refractivity contribution in [2.45, 2.75) is 6.92 Å². The van der Waals surface area contributed by atoms with Crippen LogP contribution in [0, 0.1) is 12.7 Å². The molecule has 0 radical (unpaired) electrons. The van der Waals surface area contributed by atoms with Gasteiger partial charge in [-0.2, -0.15) is 0 Å². The molecule has 9 heavy (non-hydrogen) atoms. The molecular weight excluding hydrogens is 118 g/mol. The number of hydrogen-bond donors (Lipinski definition) is 1. The molecule has 0 atom stereocenters. The molecule has 1 aromatic rings. The normalized spacial score (nSPS) is 9.56. The van der Waals surface area contributed by atoms with Gasteiger partial charge >= 0.3 is 0 Å². The summed E-state index contributed by atoms with van der Waals surface area (Å²) >= 11 is 0. The second kappa shape index (κ2) is 2.05. The molecular formula is C7H7FO. The van der Waals surface area contributed by atoms with E-state index in [-0.39, 0.29) is 11.6 Å². The number of hydrogen-bond acceptors (Lipinski definition) is 1. The van der Waals surface area contributed by atoms with Crippen LogP contribution >= 0.6 is 0 Å². The number of halogens is 1. The number of aryl methyl sites for hydroxylation is 1. The summed E-state index contributed by atoms with van der Waals surface area (Å²) < 4.78 is 12.4. The number of rotatable bonds is 0. The second-order valence-corrected chi connectivity index (χ2v) is 1.93. The average Bonchev–Trinajstić information content (AvgIpc) is 1.80. The summed E-state index contributed by atoms with van der Waals surface area (Å²) in [5.41, 5.74) is 0.468. The molecule has 48 valence electrons. The number of phenolic OH excluding ortho intramolecular Hbond substituents is 1. The van der Waals surface area contributed by atoms with Crippen LogP contribution in [-0.4, -0.2) is 5.11 Å². The number of benzene rings is 1. The third-order valence-corrected chi connectivity index (χ3v) is 1.14. The van der Waals surface area contributed by atoms with E-state index < -0.39 is 0 Å². The molecule has 0 aliphatic heterocycles. The monoisotopic (exact) mass is 125 g/mol. The van der Waals surface area contributed by atoms with Crippen molar-refractivity contribution in [3.05, 3.63) is 29.6 Å². The van der Waals surface area contributed by atoms with E-state index in [0.717, 1.165) is 0 Å². The molecule has 0 saturated carbocycles. The van der Waals surface area contributed by atoms with E-state index in [1.165, 1.54) is 18.2 Å². The molecule has 0 fully saturated rings. The van der Waals surface area contributed by atoms with Gasteiger partial charge in [-0.05, 0) is 30.7 Å². The summed E-state index contributed by atoms with van der Waals surface area (Å²) in [6.07, 6.45) is 0. The number of aromatic hydroxyl groups is 1. The molecule has 1 aromatic carbocycles. The summed E-state index contributed by atoms with van der Waals surface area (Å²) in [6.45, 7) is 1.61. The Bertz CT molecular complexity index is 220. The number of phenols is 1. The van der Waals surface area contributed by atoms with E-state index in [2.05, 4.69) is 0 Å². The predicted molar refractivity (Wildman–Crippen MR) is 32.8 cm³/mol. The van der Waals surface area contributed by atoms with E-state index in [9.17, 15) is 4.39 Å². The first-order chi connectivity index (χ1) is 4.20. The van der Waals surface area contributed by atoms with Gasteiger partial charge in [0.2, 0.25) is 0 Å². The quantitative estimate of drug-likeness (QED) is 0.561. The van der Waals surface area contributed by atoms with Gasteiger partial charge in [-0.3, -0.25) is 0 Å². The van der Waals surface area contributed by atoms with Crippen LogP contribution in [-0.2, 0) is 0 Å². The smallest absolute Gasteiger partial charge is 0.126 e. The molecule has 2 heteroatoms. The fourth-order valence-electron chi connectivity index (χ4n) is 0.629. The molecule has 0 heterocycles. The van der Waals surface area contributed by atoms with Gasteiger partial charge in [-0.25, -0.2) is 4.39 Å². The molecule has 0 spiro atoms. The topological polar surface area (TPSA) is 20.2 Å². The third-order valence-electron chi connectivity index (χ3n) is 1.14. The zero-order valence-corrected chi connectivity index (χ0v) is 5.06. The molecule has 1 nitrogen and oxygen atoms in total. The Kier molecular flexibility index (Phi) is 1.39. The van der Waals surface area contributed by atoms with Gasteiger partial charge in [0.1, 0.15) is 11.6 Å². The molecule has 0 aromatic heterocycles. The van der Waals surface area contributed by atoms with Crippen molar-refractivity contribution < 1.29 is 9.50 Å². The van der Waals surface area contributed by atoms with Gasteiger partial charge < -0.3 is 5.11 Å². The lowest BCUT2D eigenvalue weighted by molar-refractivity contribution is 0.472. The van der Waals surface area contributed by atoms with Crippen LogP contribution in [0.25, 0.3) is 0 Å². The van der Waals surface area contributed by atoms with Crippen LogP contribution in [0.2, 0.25) is 0 Å². The van der Waals surface area contributed by atoms with Crippen molar-refractivity contribution in [3.63, 3.8) is 0 Å². The summed E-state index contributed by atoms with van der Waals surface area (Å²) in [5, 5.41) is 8.77. The fraction of sp³-hybridized carbons (Fsp3) is 0.143. The second-order valence-electron chi connectivity index (χ2n) is 1.93. The Hall–Kier alpha value is -1.05. The first-order valence-corrected chi connectivity index (χ1v) is 2.65. The fourth-order valence-corrected chi connectivity index (χ4v) is 0.629. The Labute approximate surface area is 52.8 Å². The highest BCUT2D eigenvalue weighted by Gasteiger charge is 1.94. The highest BCUT2D eigenvalue weighted by atomic mass is 18.2. The van der Waals surface area contributed by atoms with Crippen LogP contribution < -0.4 is 0 Å². The maximum absolute atomic E-state index is 12.4. The van der Waals surface area contributed by atoms with Crippen molar-refractivity contribution >= 4 is 0 Å². The lowest BCUT2D eigenvalue weighted by atomic mass is 10.2. The van der Waals surface area contributed by atoms with E-state index in [4.69, 9.17) is 5.11 Å². The van der Waals surface area contributed by atoms with Crippen LogP contribution in [0.4, 0.5) is 4.39 Å². The molecule has 0 unspecified atom stereocenters. The molecule has 0 amide bonds. The van der Waals surface area contributed by atoms with Crippen molar-refractivity contribution in [1.29, 1.82) is 0 Å². The van der Waals surface area contributed by atoms with Gasteiger partial charge in [0, 0.05) is 0 Å². The highest BCUT2D eigenvalue weighted by Crippen LogP contribution is 2.13. The van der Waals surface area contributed by atoms with Gasteiger partial charge in [-0.1, -0.05) is 0 Å². The van der Waals surface area contributed by atoms with Gasteiger partial charge in [0.05, 0.1) is 0 Å². The molecule has 1 N–H and O–H groups in total. The molecule has 0 bridgehead atoms. The minimum atomic E-state index is -0.284.